The summed E-state index contributed by atoms with van der Waals surface area (Å²) in [4.78, 5) is 4.40. The number of halogens is 1. The van der Waals surface area contributed by atoms with Crippen LogP contribution in [-0.4, -0.2) is 18.6 Å². The van der Waals surface area contributed by atoms with Crippen LogP contribution in [0.3, 0.4) is 0 Å². The molecule has 3 rings (SSSR count). The van der Waals surface area contributed by atoms with Crippen molar-refractivity contribution in [1.29, 1.82) is 0 Å². The van der Waals surface area contributed by atoms with Gasteiger partial charge in [0.05, 0.1) is 16.0 Å². The number of rotatable bonds is 5. The van der Waals surface area contributed by atoms with Crippen LogP contribution in [0.1, 0.15) is 18.9 Å². The van der Waals surface area contributed by atoms with Gasteiger partial charge in [0, 0.05) is 5.56 Å². The predicted octanol–water partition coefficient (Wildman–Crippen LogP) is 3.43. The summed E-state index contributed by atoms with van der Waals surface area (Å²) < 4.78 is 32.3. The van der Waals surface area contributed by atoms with E-state index in [9.17, 15) is 8.42 Å². The molecule has 1 aromatic heterocycles. The van der Waals surface area contributed by atoms with E-state index in [0.29, 0.717) is 16.4 Å². The highest BCUT2D eigenvalue weighted by Crippen LogP contribution is 2.26. The summed E-state index contributed by atoms with van der Waals surface area (Å²) in [6.07, 6.45) is 0. The fraction of sp³-hybridized carbons (Fsp3) is 0.125. The molecular weight excluding hydrogens is 350 g/mol. The van der Waals surface area contributed by atoms with Crippen LogP contribution in [0.5, 0.6) is 0 Å². The van der Waals surface area contributed by atoms with E-state index < -0.39 is 16.1 Å². The third-order valence-corrected chi connectivity index (χ3v) is 5.20. The molecule has 6 nitrogen and oxygen atoms in total. The Hall–Kier alpha value is -2.22. The SMILES string of the molecule is CC(NS(=O)(=O)c1ccccc1)c1nc(-c2ccccc2Cl)no1. The van der Waals surface area contributed by atoms with Crippen molar-refractivity contribution >= 4 is 21.6 Å². The fourth-order valence-corrected chi connectivity index (χ4v) is 3.55. The van der Waals surface area contributed by atoms with Crippen LogP contribution in [0, 0.1) is 0 Å². The van der Waals surface area contributed by atoms with Crippen LogP contribution < -0.4 is 4.72 Å². The standard InChI is InChI=1S/C16H14ClN3O3S/c1-11(20-24(21,22)12-7-3-2-4-8-12)16-18-15(19-23-16)13-9-5-6-10-14(13)17/h2-11,20H,1H3. The molecule has 8 heteroatoms. The summed E-state index contributed by atoms with van der Waals surface area (Å²) in [5, 5.41) is 4.35. The van der Waals surface area contributed by atoms with E-state index in [1.807, 2.05) is 0 Å². The smallest absolute Gasteiger partial charge is 0.244 e. The number of nitrogens with one attached hydrogen (secondary N) is 1. The van der Waals surface area contributed by atoms with Gasteiger partial charge in [0.2, 0.25) is 21.7 Å². The maximum absolute atomic E-state index is 12.3. The predicted molar refractivity (Wildman–Crippen MR) is 89.9 cm³/mol. The molecule has 0 aliphatic rings. The Kier molecular flexibility index (Phi) is 4.66. The van der Waals surface area contributed by atoms with Crippen LogP contribution in [0.15, 0.2) is 64.0 Å². The van der Waals surface area contributed by atoms with E-state index in [0.717, 1.165) is 0 Å². The summed E-state index contributed by atoms with van der Waals surface area (Å²) in [7, 11) is -3.68. The van der Waals surface area contributed by atoms with Gasteiger partial charge in [-0.05, 0) is 31.2 Å². The number of hydrogen-bond donors (Lipinski definition) is 1. The summed E-state index contributed by atoms with van der Waals surface area (Å²) in [5.74, 6) is 0.464. The first-order valence-corrected chi connectivity index (χ1v) is 8.99. The zero-order chi connectivity index (χ0) is 17.2. The average molecular weight is 364 g/mol. The lowest BCUT2D eigenvalue weighted by Crippen LogP contribution is -2.27. The van der Waals surface area contributed by atoms with Crippen molar-refractivity contribution in [2.45, 2.75) is 17.9 Å². The molecule has 0 fully saturated rings. The number of aromatic nitrogens is 2. The van der Waals surface area contributed by atoms with E-state index in [1.54, 1.807) is 49.4 Å². The van der Waals surface area contributed by atoms with Gasteiger partial charge in [-0.25, -0.2) is 8.42 Å². The molecule has 124 valence electrons. The lowest BCUT2D eigenvalue weighted by Gasteiger charge is -2.10. The Morgan fingerprint density at radius 2 is 1.75 bits per heavy atom. The van der Waals surface area contributed by atoms with Crippen LogP contribution in [0.25, 0.3) is 11.4 Å². The zero-order valence-corrected chi connectivity index (χ0v) is 14.3. The second kappa shape index (κ2) is 6.72. The molecule has 0 bridgehead atoms. The maximum atomic E-state index is 12.3. The highest BCUT2D eigenvalue weighted by Gasteiger charge is 2.22. The van der Waals surface area contributed by atoms with Gasteiger partial charge in [0.1, 0.15) is 0 Å². The van der Waals surface area contributed by atoms with Crippen molar-refractivity contribution in [1.82, 2.24) is 14.9 Å². The van der Waals surface area contributed by atoms with Crippen molar-refractivity contribution in [3.63, 3.8) is 0 Å². The molecule has 3 aromatic rings. The molecule has 2 aromatic carbocycles. The Bertz CT molecular complexity index is 942. The second-order valence-corrected chi connectivity index (χ2v) is 7.21. The van der Waals surface area contributed by atoms with Gasteiger partial charge in [-0.3, -0.25) is 0 Å². The Balaban J connectivity index is 1.82. The molecule has 0 amide bonds. The fourth-order valence-electron chi connectivity index (χ4n) is 2.11. The van der Waals surface area contributed by atoms with Gasteiger partial charge in [-0.1, -0.05) is 47.1 Å². The average Bonchev–Trinajstić information content (AvgIpc) is 3.06. The van der Waals surface area contributed by atoms with Crippen molar-refractivity contribution in [2.24, 2.45) is 0 Å². The molecule has 0 saturated heterocycles. The van der Waals surface area contributed by atoms with Gasteiger partial charge in [0.15, 0.2) is 0 Å². The molecule has 0 aliphatic heterocycles. The third-order valence-electron chi connectivity index (χ3n) is 3.31. The normalized spacial score (nSPS) is 12.9. The van der Waals surface area contributed by atoms with Crippen LogP contribution >= 0.6 is 11.6 Å². The summed E-state index contributed by atoms with van der Waals surface area (Å²) in [5.41, 5.74) is 0.618. The van der Waals surface area contributed by atoms with Crippen molar-refractivity contribution in [3.8, 4) is 11.4 Å². The Morgan fingerprint density at radius 3 is 2.46 bits per heavy atom. The number of sulfonamides is 1. The highest BCUT2D eigenvalue weighted by molar-refractivity contribution is 7.89. The Labute approximate surface area is 144 Å². The first-order valence-electron chi connectivity index (χ1n) is 7.13. The molecule has 0 spiro atoms. The number of nitrogens with zero attached hydrogens (tertiary/aromatic N) is 2. The number of benzene rings is 2. The van der Waals surface area contributed by atoms with E-state index >= 15 is 0 Å². The molecule has 1 atom stereocenters. The molecule has 1 unspecified atom stereocenters. The van der Waals surface area contributed by atoms with Gasteiger partial charge >= 0.3 is 0 Å². The molecule has 0 radical (unpaired) electrons. The van der Waals surface area contributed by atoms with Crippen LogP contribution in [-0.2, 0) is 10.0 Å². The molecule has 0 saturated carbocycles. The van der Waals surface area contributed by atoms with Crippen LogP contribution in [0.4, 0.5) is 0 Å². The topological polar surface area (TPSA) is 85.1 Å². The van der Waals surface area contributed by atoms with Crippen molar-refractivity contribution in [2.75, 3.05) is 0 Å². The summed E-state index contributed by atoms with van der Waals surface area (Å²) >= 11 is 6.10. The van der Waals surface area contributed by atoms with Gasteiger partial charge in [-0.15, -0.1) is 0 Å². The Morgan fingerprint density at radius 1 is 1.08 bits per heavy atom. The van der Waals surface area contributed by atoms with Crippen molar-refractivity contribution in [3.05, 3.63) is 65.5 Å². The summed E-state index contributed by atoms with van der Waals surface area (Å²) in [6, 6.07) is 14.5. The second-order valence-electron chi connectivity index (χ2n) is 5.09. The minimum absolute atomic E-state index is 0.157. The largest absolute Gasteiger partial charge is 0.337 e. The lowest BCUT2D eigenvalue weighted by atomic mass is 10.2. The van der Waals surface area contributed by atoms with E-state index in [2.05, 4.69) is 14.9 Å². The van der Waals surface area contributed by atoms with Gasteiger partial charge < -0.3 is 4.52 Å². The molecule has 0 aliphatic carbocycles. The maximum Gasteiger partial charge on any atom is 0.244 e. The van der Waals surface area contributed by atoms with Gasteiger partial charge in [0.25, 0.3) is 0 Å². The molecule has 1 heterocycles. The quantitative estimate of drug-likeness (QED) is 0.750. The van der Waals surface area contributed by atoms with Gasteiger partial charge in [-0.2, -0.15) is 9.71 Å². The monoisotopic (exact) mass is 363 g/mol. The minimum atomic E-state index is -3.68. The number of hydrogen-bond acceptors (Lipinski definition) is 5. The zero-order valence-electron chi connectivity index (χ0n) is 12.7. The first kappa shape index (κ1) is 16.6. The van der Waals surface area contributed by atoms with Crippen LogP contribution in [0.2, 0.25) is 5.02 Å². The summed E-state index contributed by atoms with van der Waals surface area (Å²) in [6.45, 7) is 1.63. The van der Waals surface area contributed by atoms with E-state index in [1.165, 1.54) is 12.1 Å². The molecule has 1 N–H and O–H groups in total. The molecular formula is C16H14ClN3O3S. The molecule has 24 heavy (non-hydrogen) atoms. The van der Waals surface area contributed by atoms with Crippen molar-refractivity contribution < 1.29 is 12.9 Å². The highest BCUT2D eigenvalue weighted by atomic mass is 35.5. The van der Waals surface area contributed by atoms with E-state index in [4.69, 9.17) is 16.1 Å². The first-order chi connectivity index (χ1) is 11.5. The van der Waals surface area contributed by atoms with E-state index in [-0.39, 0.29) is 10.8 Å². The lowest BCUT2D eigenvalue weighted by molar-refractivity contribution is 0.354. The minimum Gasteiger partial charge on any atom is -0.337 e. The third kappa shape index (κ3) is 3.48.